The monoisotopic (exact) mass is 350 g/mol. The van der Waals surface area contributed by atoms with Gasteiger partial charge in [0.05, 0.1) is 5.60 Å². The summed E-state index contributed by atoms with van der Waals surface area (Å²) in [5.74, 6) is 0. The molecule has 2 aromatic carbocycles. The van der Waals surface area contributed by atoms with Crippen LogP contribution in [0.5, 0.6) is 0 Å². The molecule has 0 radical (unpaired) electrons. The van der Waals surface area contributed by atoms with E-state index in [4.69, 9.17) is 11.6 Å². The Morgan fingerprint density at radius 1 is 1.15 bits per heavy atom. The van der Waals surface area contributed by atoms with E-state index in [1.807, 2.05) is 31.2 Å². The molecule has 0 aromatic heterocycles. The van der Waals surface area contributed by atoms with Gasteiger partial charge in [0.2, 0.25) is 0 Å². The lowest BCUT2D eigenvalue weighted by atomic mass is 9.76. The molecule has 3 rings (SSSR count). The number of fused-ring (bicyclic) bond motifs is 1. The van der Waals surface area contributed by atoms with Gasteiger partial charge in [-0.15, -0.1) is 0 Å². The molecule has 1 aliphatic rings. The molecule has 104 valence electrons. The van der Waals surface area contributed by atoms with Gasteiger partial charge < -0.3 is 5.11 Å². The van der Waals surface area contributed by atoms with Gasteiger partial charge in [-0.1, -0.05) is 45.7 Å². The molecule has 0 spiro atoms. The minimum Gasteiger partial charge on any atom is -0.385 e. The first-order valence-electron chi connectivity index (χ1n) is 6.74. The van der Waals surface area contributed by atoms with Gasteiger partial charge in [0, 0.05) is 15.9 Å². The molecule has 0 fully saturated rings. The van der Waals surface area contributed by atoms with Crippen LogP contribution in [0.15, 0.2) is 40.9 Å². The molecule has 20 heavy (non-hydrogen) atoms. The van der Waals surface area contributed by atoms with Crippen molar-refractivity contribution in [2.75, 3.05) is 0 Å². The Kier molecular flexibility index (Phi) is 3.65. The van der Waals surface area contributed by atoms with Crippen LogP contribution in [0.4, 0.5) is 0 Å². The van der Waals surface area contributed by atoms with E-state index in [1.165, 1.54) is 11.1 Å². The third kappa shape index (κ3) is 2.52. The van der Waals surface area contributed by atoms with Gasteiger partial charge in [0.25, 0.3) is 0 Å². The Morgan fingerprint density at radius 2 is 1.95 bits per heavy atom. The summed E-state index contributed by atoms with van der Waals surface area (Å²) in [6.07, 6.45) is 2.27. The molecule has 0 saturated heterocycles. The highest BCUT2D eigenvalue weighted by atomic mass is 79.9. The van der Waals surface area contributed by atoms with E-state index in [2.05, 4.69) is 28.1 Å². The minimum atomic E-state index is -0.807. The SMILES string of the molecule is Cc1ccc(C2(O)CCc3cc(Br)ccc3C2)cc1Cl. The average Bonchev–Trinajstić information content (AvgIpc) is 2.42. The second-order valence-corrected chi connectivity index (χ2v) is 6.91. The molecular formula is C17H16BrClO. The van der Waals surface area contributed by atoms with Crippen LogP contribution in [0.2, 0.25) is 5.02 Å². The normalized spacial score (nSPS) is 21.6. The third-order valence-corrected chi connectivity index (χ3v) is 5.07. The maximum atomic E-state index is 11.0. The molecule has 0 aliphatic heterocycles. The Hall–Kier alpha value is -0.830. The summed E-state index contributed by atoms with van der Waals surface area (Å²) in [4.78, 5) is 0. The molecule has 0 amide bonds. The highest BCUT2D eigenvalue weighted by molar-refractivity contribution is 9.10. The van der Waals surface area contributed by atoms with Crippen molar-refractivity contribution in [2.45, 2.75) is 31.8 Å². The number of hydrogen-bond acceptors (Lipinski definition) is 1. The molecule has 0 heterocycles. The van der Waals surface area contributed by atoms with Gasteiger partial charge in [0.1, 0.15) is 0 Å². The minimum absolute atomic E-state index is 0.648. The van der Waals surface area contributed by atoms with Gasteiger partial charge in [-0.3, -0.25) is 0 Å². The Morgan fingerprint density at radius 3 is 2.70 bits per heavy atom. The summed E-state index contributed by atoms with van der Waals surface area (Å²) in [5.41, 5.74) is 3.69. The van der Waals surface area contributed by atoms with Crippen molar-refractivity contribution >= 4 is 27.5 Å². The van der Waals surface area contributed by atoms with E-state index in [0.29, 0.717) is 6.42 Å². The first-order valence-corrected chi connectivity index (χ1v) is 7.91. The molecule has 0 saturated carbocycles. The molecule has 0 bridgehead atoms. The first kappa shape index (κ1) is 14.1. The average molecular weight is 352 g/mol. The van der Waals surface area contributed by atoms with Gasteiger partial charge in [0.15, 0.2) is 0 Å². The molecule has 1 N–H and O–H groups in total. The van der Waals surface area contributed by atoms with E-state index in [9.17, 15) is 5.11 Å². The number of halogens is 2. The first-order chi connectivity index (χ1) is 9.48. The molecular weight excluding hydrogens is 336 g/mol. The summed E-state index contributed by atoms with van der Waals surface area (Å²) < 4.78 is 1.10. The van der Waals surface area contributed by atoms with Crippen molar-refractivity contribution in [1.29, 1.82) is 0 Å². The van der Waals surface area contributed by atoms with Crippen LogP contribution in [0.3, 0.4) is 0 Å². The maximum absolute atomic E-state index is 11.0. The number of rotatable bonds is 1. The van der Waals surface area contributed by atoms with Gasteiger partial charge >= 0.3 is 0 Å². The lowest BCUT2D eigenvalue weighted by Crippen LogP contribution is -2.33. The molecule has 2 aromatic rings. The van der Waals surface area contributed by atoms with Crippen LogP contribution in [0.25, 0.3) is 0 Å². The summed E-state index contributed by atoms with van der Waals surface area (Å²) in [6, 6.07) is 12.2. The molecule has 1 unspecified atom stereocenters. The van der Waals surface area contributed by atoms with Gasteiger partial charge in [-0.25, -0.2) is 0 Å². The fraction of sp³-hybridized carbons (Fsp3) is 0.294. The van der Waals surface area contributed by atoms with Crippen molar-refractivity contribution in [1.82, 2.24) is 0 Å². The highest BCUT2D eigenvalue weighted by Crippen LogP contribution is 2.38. The van der Waals surface area contributed by atoms with Crippen LogP contribution < -0.4 is 0 Å². The van der Waals surface area contributed by atoms with Crippen LogP contribution in [0, 0.1) is 6.92 Å². The van der Waals surface area contributed by atoms with Crippen molar-refractivity contribution < 1.29 is 5.11 Å². The van der Waals surface area contributed by atoms with Gasteiger partial charge in [-0.05, 0) is 60.2 Å². The largest absolute Gasteiger partial charge is 0.385 e. The van der Waals surface area contributed by atoms with E-state index in [1.54, 1.807) is 0 Å². The molecule has 1 atom stereocenters. The van der Waals surface area contributed by atoms with Crippen LogP contribution >= 0.6 is 27.5 Å². The topological polar surface area (TPSA) is 20.2 Å². The third-order valence-electron chi connectivity index (χ3n) is 4.17. The van der Waals surface area contributed by atoms with Crippen LogP contribution in [0.1, 0.15) is 28.7 Å². The smallest absolute Gasteiger partial charge is 0.0940 e. The predicted molar refractivity (Wildman–Crippen MR) is 86.3 cm³/mol. The summed E-state index contributed by atoms with van der Waals surface area (Å²) >= 11 is 9.70. The van der Waals surface area contributed by atoms with E-state index in [0.717, 1.165) is 33.5 Å². The quantitative estimate of drug-likeness (QED) is 0.783. The molecule has 3 heteroatoms. The number of benzene rings is 2. The second kappa shape index (κ2) is 5.18. The number of hydrogen-bond donors (Lipinski definition) is 1. The number of aryl methyl sites for hydroxylation is 2. The Labute approximate surface area is 132 Å². The fourth-order valence-corrected chi connectivity index (χ4v) is 3.46. The molecule has 1 nitrogen and oxygen atoms in total. The Balaban J connectivity index is 1.98. The summed E-state index contributed by atoms with van der Waals surface area (Å²) in [5, 5.41) is 11.7. The van der Waals surface area contributed by atoms with Crippen LogP contribution in [-0.2, 0) is 18.4 Å². The van der Waals surface area contributed by atoms with Crippen molar-refractivity contribution in [2.24, 2.45) is 0 Å². The maximum Gasteiger partial charge on any atom is 0.0940 e. The zero-order chi connectivity index (χ0) is 14.3. The van der Waals surface area contributed by atoms with E-state index >= 15 is 0 Å². The second-order valence-electron chi connectivity index (χ2n) is 5.59. The lowest BCUT2D eigenvalue weighted by molar-refractivity contribution is 0.0222. The highest BCUT2D eigenvalue weighted by Gasteiger charge is 2.34. The zero-order valence-electron chi connectivity index (χ0n) is 11.3. The zero-order valence-corrected chi connectivity index (χ0v) is 13.6. The van der Waals surface area contributed by atoms with E-state index < -0.39 is 5.60 Å². The lowest BCUT2D eigenvalue weighted by Gasteiger charge is -2.34. The summed E-state index contributed by atoms with van der Waals surface area (Å²) in [6.45, 7) is 1.98. The Bertz CT molecular complexity index is 668. The van der Waals surface area contributed by atoms with Crippen LogP contribution in [-0.4, -0.2) is 5.11 Å². The fourth-order valence-electron chi connectivity index (χ4n) is 2.87. The molecule has 1 aliphatic carbocycles. The van der Waals surface area contributed by atoms with E-state index in [-0.39, 0.29) is 0 Å². The van der Waals surface area contributed by atoms with Gasteiger partial charge in [-0.2, -0.15) is 0 Å². The van der Waals surface area contributed by atoms with Crippen molar-refractivity contribution in [3.05, 3.63) is 68.1 Å². The van der Waals surface area contributed by atoms with Crippen molar-refractivity contribution in [3.63, 3.8) is 0 Å². The number of aliphatic hydroxyl groups is 1. The van der Waals surface area contributed by atoms with Crippen molar-refractivity contribution in [3.8, 4) is 0 Å². The standard InChI is InChI=1S/C17H16BrClO/c1-11-2-4-14(9-16(11)19)17(20)7-6-12-8-15(18)5-3-13(12)10-17/h2-5,8-9,20H,6-7,10H2,1H3. The predicted octanol–water partition coefficient (Wildman–Crippen LogP) is 4.79. The summed E-state index contributed by atoms with van der Waals surface area (Å²) in [7, 11) is 0.